The summed E-state index contributed by atoms with van der Waals surface area (Å²) in [4.78, 5) is 27.7. The van der Waals surface area contributed by atoms with Crippen LogP contribution >= 0.6 is 23.5 Å². The van der Waals surface area contributed by atoms with Gasteiger partial charge in [-0.15, -0.1) is 23.5 Å². The van der Waals surface area contributed by atoms with Crippen molar-refractivity contribution in [3.8, 4) is 33.8 Å². The Kier molecular flexibility index (Phi) is 23.0. The number of methoxy groups -OCH3 is 2. The molecule has 2 N–H and O–H groups in total. The van der Waals surface area contributed by atoms with Crippen LogP contribution in [0.15, 0.2) is 155 Å². The fourth-order valence-electron chi connectivity index (χ4n) is 6.47. The summed E-state index contributed by atoms with van der Waals surface area (Å²) in [5.41, 5.74) is 6.21. The Labute approximate surface area is 408 Å². The van der Waals surface area contributed by atoms with Crippen molar-refractivity contribution in [2.24, 2.45) is 0 Å². The maximum Gasteiger partial charge on any atom is 0.342 e. The van der Waals surface area contributed by atoms with Gasteiger partial charge in [-0.05, 0) is 81.9 Å². The maximum absolute atomic E-state index is 13.4. The molecule has 0 fully saturated rings. The number of benzene rings is 6. The van der Waals surface area contributed by atoms with Gasteiger partial charge in [0.1, 0.15) is 22.6 Å². The number of carboxylic acids is 1. The largest absolute Gasteiger partial charge is 0.478 e. The van der Waals surface area contributed by atoms with Crippen LogP contribution in [0, 0.1) is 0 Å². The van der Waals surface area contributed by atoms with Crippen molar-refractivity contribution in [2.45, 2.75) is 72.7 Å². The monoisotopic (exact) mass is 978 g/mol. The van der Waals surface area contributed by atoms with Gasteiger partial charge in [-0.2, -0.15) is 0 Å². The smallest absolute Gasteiger partial charge is 0.342 e. The van der Waals surface area contributed by atoms with Crippen molar-refractivity contribution in [1.29, 1.82) is 0 Å². The van der Waals surface area contributed by atoms with Crippen LogP contribution in [0.4, 0.5) is 0 Å². The highest BCUT2D eigenvalue weighted by Gasteiger charge is 2.25. The van der Waals surface area contributed by atoms with Gasteiger partial charge in [-0.25, -0.2) is 9.59 Å². The van der Waals surface area contributed by atoms with Gasteiger partial charge in [0, 0.05) is 58.3 Å². The summed E-state index contributed by atoms with van der Waals surface area (Å²) < 4.78 is 27.2. The van der Waals surface area contributed by atoms with Crippen molar-refractivity contribution in [2.75, 3.05) is 41.0 Å². The predicted octanol–water partition coefficient (Wildman–Crippen LogP) is 13.8. The molecule has 0 heterocycles. The number of hydrogen-bond acceptors (Lipinski definition) is 10. The fourth-order valence-corrected chi connectivity index (χ4v) is 9.78. The molecule has 0 saturated heterocycles. The first-order chi connectivity index (χ1) is 32.2. The Balaban J connectivity index is 0.000000260. The molecule has 356 valence electrons. The number of carboxylic acid groups (broad SMARTS) is 1. The van der Waals surface area contributed by atoms with Gasteiger partial charge < -0.3 is 33.9 Å². The Bertz CT molecular complexity index is 2390. The average Bonchev–Trinajstić information content (AvgIpc) is 3.31. The minimum Gasteiger partial charge on any atom is -0.478 e. The fraction of sp³-hybridized carbons (Fsp3) is 0.296. The summed E-state index contributed by atoms with van der Waals surface area (Å²) in [6, 6.07) is 49.4. The van der Waals surface area contributed by atoms with E-state index in [-0.39, 0.29) is 25.1 Å². The number of rotatable bonds is 21. The van der Waals surface area contributed by atoms with Gasteiger partial charge in [0.25, 0.3) is 0 Å². The molecule has 0 spiro atoms. The molecule has 0 amide bonds. The van der Waals surface area contributed by atoms with Crippen LogP contribution in [0.2, 0.25) is 51.4 Å². The van der Waals surface area contributed by atoms with Gasteiger partial charge in [-0.3, -0.25) is 0 Å². The number of carbonyl (C=O) groups is 2. The number of aromatic carboxylic acids is 1. The summed E-state index contributed by atoms with van der Waals surface area (Å²) in [5.74, 6) is 0.561. The van der Waals surface area contributed by atoms with Crippen LogP contribution in [0.25, 0.3) is 22.3 Å². The molecule has 0 aliphatic heterocycles. The minimum absolute atomic E-state index is 0.00374. The lowest BCUT2D eigenvalue weighted by Gasteiger charge is -2.20. The predicted molar refractivity (Wildman–Crippen MR) is 281 cm³/mol. The molecule has 0 aromatic heterocycles. The Hall–Kier alpha value is -5.13. The number of esters is 1. The molecule has 67 heavy (non-hydrogen) atoms. The lowest BCUT2D eigenvalue weighted by Crippen LogP contribution is -2.23. The number of thioether (sulfide) groups is 2. The molecule has 0 radical (unpaired) electrons. The number of aliphatic hydroxyl groups excluding tert-OH is 1. The van der Waals surface area contributed by atoms with Crippen LogP contribution < -0.4 is 9.47 Å². The third-order valence-electron chi connectivity index (χ3n) is 10.0. The zero-order valence-corrected chi connectivity index (χ0v) is 43.7. The molecule has 13 heteroatoms. The average molecular weight is 979 g/mol. The van der Waals surface area contributed by atoms with Crippen molar-refractivity contribution in [3.05, 3.63) is 168 Å². The van der Waals surface area contributed by atoms with E-state index in [9.17, 15) is 14.7 Å². The zero-order valence-electron chi connectivity index (χ0n) is 40.1. The van der Waals surface area contributed by atoms with E-state index in [0.717, 1.165) is 55.3 Å². The normalized spacial score (nSPS) is 11.1. The van der Waals surface area contributed by atoms with Crippen molar-refractivity contribution < 1.29 is 43.5 Å². The SMILES string of the molecule is COCOc1ccc(-c2ccccc2)c(CSc2ccccc2)c1C(=O)O.COCOc1ccc(-c2ccccc2)c(CSc2ccccc2)c1C(=O)OCC[Si](C)(C)C.C[Si](C)(C)CCO. The summed E-state index contributed by atoms with van der Waals surface area (Å²) in [6.07, 6.45) is 0. The minimum atomic E-state index is -1.33. The highest BCUT2D eigenvalue weighted by molar-refractivity contribution is 7.98. The van der Waals surface area contributed by atoms with Crippen molar-refractivity contribution >= 4 is 51.6 Å². The molecule has 0 atom stereocenters. The van der Waals surface area contributed by atoms with Crippen LogP contribution in [-0.4, -0.2) is 79.3 Å². The number of hydrogen-bond donors (Lipinski definition) is 2. The van der Waals surface area contributed by atoms with Crippen LogP contribution in [0.3, 0.4) is 0 Å². The highest BCUT2D eigenvalue weighted by atomic mass is 32.2. The molecular formula is C54H66O9S2Si2. The zero-order chi connectivity index (χ0) is 48.7. The van der Waals surface area contributed by atoms with Gasteiger partial charge in [0.15, 0.2) is 13.6 Å². The van der Waals surface area contributed by atoms with E-state index in [1.165, 1.54) is 7.11 Å². The van der Waals surface area contributed by atoms with E-state index < -0.39 is 22.1 Å². The first-order valence-electron chi connectivity index (χ1n) is 22.2. The standard InChI is InChI=1S/C27H32O4SSi.C22H20O4S.C5H14OSi/c1-29-20-31-25-16-15-23(21-11-7-5-8-12-21)24(19-32-22-13-9-6-10-14-22)26(25)27(28)30-17-18-33(2,3)4;1-25-15-26-20-13-12-18(16-8-4-2-5-9-16)19(21(20)22(23)24)14-27-17-10-6-3-7-11-17;1-7(2,3)5-4-6/h5-16H,17-20H2,1-4H3;2-13H,14-15H2,1H3,(H,23,24);6H,4-5H2,1-3H3. The van der Waals surface area contributed by atoms with E-state index in [0.29, 0.717) is 41.8 Å². The molecule has 9 nitrogen and oxygen atoms in total. The molecule has 0 aliphatic carbocycles. The van der Waals surface area contributed by atoms with Crippen LogP contribution in [0.5, 0.6) is 11.5 Å². The van der Waals surface area contributed by atoms with Gasteiger partial charge in [0.05, 0.1) is 6.61 Å². The molecule has 0 unspecified atom stereocenters. The number of carbonyl (C=O) groups excluding carboxylic acids is 1. The summed E-state index contributed by atoms with van der Waals surface area (Å²) in [5, 5.41) is 18.3. The number of ether oxygens (including phenoxy) is 5. The molecule has 6 aromatic rings. The van der Waals surface area contributed by atoms with E-state index in [1.54, 1.807) is 36.7 Å². The lowest BCUT2D eigenvalue weighted by molar-refractivity contribution is 0.0435. The second-order valence-electron chi connectivity index (χ2n) is 17.8. The van der Waals surface area contributed by atoms with Crippen molar-refractivity contribution in [3.63, 3.8) is 0 Å². The highest BCUT2D eigenvalue weighted by Crippen LogP contribution is 2.39. The van der Waals surface area contributed by atoms with E-state index in [4.69, 9.17) is 28.8 Å². The Morgan fingerprint density at radius 2 is 0.910 bits per heavy atom. The molecule has 0 saturated carbocycles. The van der Waals surface area contributed by atoms with Crippen LogP contribution in [-0.2, 0) is 25.7 Å². The molecule has 6 aromatic carbocycles. The summed E-state index contributed by atoms with van der Waals surface area (Å²) in [6.45, 7) is 14.4. The van der Waals surface area contributed by atoms with E-state index in [2.05, 4.69) is 63.5 Å². The lowest BCUT2D eigenvalue weighted by atomic mass is 9.95. The molecule has 0 aliphatic rings. The first kappa shape index (κ1) is 54.5. The third kappa shape index (κ3) is 18.8. The number of aliphatic hydroxyl groups is 1. The van der Waals surface area contributed by atoms with Crippen LogP contribution in [0.1, 0.15) is 31.8 Å². The topological polar surface area (TPSA) is 121 Å². The molecule has 6 rings (SSSR count). The Morgan fingerprint density at radius 3 is 1.27 bits per heavy atom. The molecular weight excluding hydrogens is 913 g/mol. The van der Waals surface area contributed by atoms with Gasteiger partial charge in [0.2, 0.25) is 0 Å². The van der Waals surface area contributed by atoms with E-state index in [1.807, 2.05) is 115 Å². The van der Waals surface area contributed by atoms with Crippen molar-refractivity contribution in [1.82, 2.24) is 0 Å². The van der Waals surface area contributed by atoms with Gasteiger partial charge in [-0.1, -0.05) is 148 Å². The quantitative estimate of drug-likeness (QED) is 0.0310. The molecule has 0 bridgehead atoms. The first-order valence-corrected chi connectivity index (χ1v) is 31.6. The maximum atomic E-state index is 13.4. The second kappa shape index (κ2) is 28.3. The Morgan fingerprint density at radius 1 is 0.522 bits per heavy atom. The van der Waals surface area contributed by atoms with Gasteiger partial charge >= 0.3 is 11.9 Å². The second-order valence-corrected chi connectivity index (χ2v) is 31.1. The van der Waals surface area contributed by atoms with E-state index >= 15 is 0 Å². The third-order valence-corrected chi connectivity index (χ3v) is 15.5. The summed E-state index contributed by atoms with van der Waals surface area (Å²) in [7, 11) is 0.835. The summed E-state index contributed by atoms with van der Waals surface area (Å²) >= 11 is 3.28.